The Hall–Kier alpha value is -3.77. The number of ether oxygens (including phenoxy) is 2. The first-order valence-corrected chi connectivity index (χ1v) is 11.3. The van der Waals surface area contributed by atoms with Crippen molar-refractivity contribution in [2.75, 3.05) is 0 Å². The highest BCUT2D eigenvalue weighted by molar-refractivity contribution is 5.90. The van der Waals surface area contributed by atoms with Crippen LogP contribution < -0.4 is 0 Å². The van der Waals surface area contributed by atoms with Gasteiger partial charge in [0.05, 0.1) is 0 Å². The second kappa shape index (κ2) is 8.47. The van der Waals surface area contributed by atoms with Crippen LogP contribution in [-0.4, -0.2) is 12.3 Å². The summed E-state index contributed by atoms with van der Waals surface area (Å²) in [5.41, 5.74) is 0.0535. The quantitative estimate of drug-likeness (QED) is 0.297. The Labute approximate surface area is 202 Å². The lowest BCUT2D eigenvalue weighted by Gasteiger charge is -2.28. The van der Waals surface area contributed by atoms with Crippen molar-refractivity contribution in [2.24, 2.45) is 5.41 Å². The molecular weight excluding hydrogens is 450 g/mol. The normalized spacial score (nSPS) is 20.1. The number of rotatable bonds is 4. The van der Waals surface area contributed by atoms with E-state index in [4.69, 9.17) is 13.9 Å². The largest absolute Gasteiger partial charge is 0.456 e. The van der Waals surface area contributed by atoms with Gasteiger partial charge in [0.25, 0.3) is 0 Å². The summed E-state index contributed by atoms with van der Waals surface area (Å²) in [6.07, 6.45) is -0.819. The molecule has 2 atom stereocenters. The fourth-order valence-electron chi connectivity index (χ4n) is 4.18. The van der Waals surface area contributed by atoms with Gasteiger partial charge < -0.3 is 13.9 Å². The van der Waals surface area contributed by atoms with Crippen molar-refractivity contribution >= 4 is 5.97 Å². The number of cyclic esters (lactones) is 1. The van der Waals surface area contributed by atoms with E-state index in [-0.39, 0.29) is 5.82 Å². The number of halogens is 2. The average Bonchev–Trinajstić information content (AvgIpc) is 3.43. The molecule has 0 radical (unpaired) electrons. The fourth-order valence-corrected chi connectivity index (χ4v) is 4.18. The number of carbonyl (C=O) groups excluding carboxylic acids is 1. The highest BCUT2D eigenvalue weighted by atomic mass is 19.1. The zero-order valence-electron chi connectivity index (χ0n) is 19.5. The van der Waals surface area contributed by atoms with Crippen LogP contribution in [-0.2, 0) is 19.9 Å². The summed E-state index contributed by atoms with van der Waals surface area (Å²) in [4.78, 5) is 13.7. The Balaban J connectivity index is 1.78. The van der Waals surface area contributed by atoms with Gasteiger partial charge in [-0.2, -0.15) is 0 Å². The molecule has 4 aromatic rings. The van der Waals surface area contributed by atoms with Gasteiger partial charge in [0, 0.05) is 22.1 Å². The molecule has 2 heterocycles. The van der Waals surface area contributed by atoms with Gasteiger partial charge in [-0.25, -0.2) is 13.6 Å². The van der Waals surface area contributed by atoms with Gasteiger partial charge in [0.1, 0.15) is 23.2 Å². The van der Waals surface area contributed by atoms with Gasteiger partial charge in [-0.05, 0) is 60.2 Å². The van der Waals surface area contributed by atoms with Crippen LogP contribution in [0.25, 0.3) is 22.6 Å². The van der Waals surface area contributed by atoms with E-state index >= 15 is 0 Å². The number of benzene rings is 3. The minimum Gasteiger partial charge on any atom is -0.456 e. The first kappa shape index (κ1) is 23.0. The highest BCUT2D eigenvalue weighted by Gasteiger charge is 2.57. The molecule has 0 saturated carbocycles. The summed E-state index contributed by atoms with van der Waals surface area (Å²) >= 11 is 0. The Morgan fingerprint density at radius 2 is 1.37 bits per heavy atom. The fraction of sp³-hybridized carbons (Fsp3) is 0.207. The molecule has 0 bridgehead atoms. The number of hydrogen-bond donors (Lipinski definition) is 0. The van der Waals surface area contributed by atoms with E-state index in [0.717, 1.165) is 0 Å². The third-order valence-electron chi connectivity index (χ3n) is 6.02. The van der Waals surface area contributed by atoms with Crippen molar-refractivity contribution in [3.05, 3.63) is 108 Å². The monoisotopic (exact) mass is 474 g/mol. The van der Waals surface area contributed by atoms with Crippen LogP contribution in [0.4, 0.5) is 8.78 Å². The molecule has 1 aliphatic rings. The Kier molecular flexibility index (Phi) is 5.56. The van der Waals surface area contributed by atoms with E-state index in [1.54, 1.807) is 42.5 Å². The van der Waals surface area contributed by atoms with E-state index in [2.05, 4.69) is 0 Å². The molecule has 1 fully saturated rings. The van der Waals surface area contributed by atoms with Crippen molar-refractivity contribution in [2.45, 2.75) is 32.7 Å². The van der Waals surface area contributed by atoms with Crippen LogP contribution in [0, 0.1) is 17.0 Å². The van der Waals surface area contributed by atoms with Crippen molar-refractivity contribution in [1.29, 1.82) is 0 Å². The molecule has 0 aliphatic carbocycles. The lowest BCUT2D eigenvalue weighted by molar-refractivity contribution is -0.155. The first-order valence-electron chi connectivity index (χ1n) is 11.3. The summed E-state index contributed by atoms with van der Waals surface area (Å²) < 4.78 is 45.8. The third-order valence-corrected chi connectivity index (χ3v) is 6.02. The molecule has 1 aliphatic heterocycles. The van der Waals surface area contributed by atoms with Crippen LogP contribution >= 0.6 is 0 Å². The standard InChI is InChI=1S/C29H24F2O4/c1-28(2,3)27-34-26(32)29(35-27,20-7-5-4-6-8-20)23-17-24(18-9-13-21(30)14-10-18)33-25(23)19-11-15-22(31)16-12-19/h4-17,27H,1-3H3/t27-,29-/m1/s1. The molecule has 1 aromatic heterocycles. The predicted molar refractivity (Wildman–Crippen MR) is 127 cm³/mol. The lowest BCUT2D eigenvalue weighted by Crippen LogP contribution is -2.36. The summed E-state index contributed by atoms with van der Waals surface area (Å²) in [5, 5.41) is 0. The van der Waals surface area contributed by atoms with E-state index in [1.807, 2.05) is 39.0 Å². The second-order valence-corrected chi connectivity index (χ2v) is 9.64. The van der Waals surface area contributed by atoms with Gasteiger partial charge in [0.2, 0.25) is 11.9 Å². The topological polar surface area (TPSA) is 48.7 Å². The zero-order valence-corrected chi connectivity index (χ0v) is 19.5. The Morgan fingerprint density at radius 1 is 0.800 bits per heavy atom. The molecule has 1 saturated heterocycles. The van der Waals surface area contributed by atoms with Crippen LogP contribution in [0.3, 0.4) is 0 Å². The molecule has 0 unspecified atom stereocenters. The van der Waals surface area contributed by atoms with Gasteiger partial charge >= 0.3 is 5.97 Å². The molecule has 35 heavy (non-hydrogen) atoms. The maximum atomic E-state index is 13.7. The molecule has 178 valence electrons. The van der Waals surface area contributed by atoms with Crippen LogP contribution in [0.2, 0.25) is 0 Å². The molecule has 5 rings (SSSR count). The summed E-state index contributed by atoms with van der Waals surface area (Å²) in [6, 6.07) is 22.4. The highest BCUT2D eigenvalue weighted by Crippen LogP contribution is 2.50. The Morgan fingerprint density at radius 3 is 1.91 bits per heavy atom. The maximum absolute atomic E-state index is 13.7. The summed E-state index contributed by atoms with van der Waals surface area (Å²) in [7, 11) is 0. The van der Waals surface area contributed by atoms with Crippen molar-refractivity contribution in [3.8, 4) is 22.6 Å². The molecule has 3 aromatic carbocycles. The van der Waals surface area contributed by atoms with Crippen LogP contribution in [0.5, 0.6) is 0 Å². The van der Waals surface area contributed by atoms with Gasteiger partial charge in [-0.15, -0.1) is 0 Å². The van der Waals surface area contributed by atoms with Gasteiger partial charge in [-0.1, -0.05) is 51.1 Å². The lowest BCUT2D eigenvalue weighted by atomic mass is 9.84. The average molecular weight is 475 g/mol. The molecule has 6 heteroatoms. The third kappa shape index (κ3) is 4.04. The minimum absolute atomic E-state index is 0.333. The second-order valence-electron chi connectivity index (χ2n) is 9.64. The predicted octanol–water partition coefficient (Wildman–Crippen LogP) is 7.08. The van der Waals surface area contributed by atoms with Gasteiger partial charge in [0.15, 0.2) is 0 Å². The number of carbonyl (C=O) groups is 1. The summed E-state index contributed by atoms with van der Waals surface area (Å²) in [5.74, 6) is -0.609. The van der Waals surface area contributed by atoms with Crippen molar-refractivity contribution < 1.29 is 27.5 Å². The smallest absolute Gasteiger partial charge is 0.350 e. The van der Waals surface area contributed by atoms with Gasteiger partial charge in [-0.3, -0.25) is 0 Å². The van der Waals surface area contributed by atoms with Crippen LogP contribution in [0.15, 0.2) is 89.3 Å². The molecule has 4 nitrogen and oxygen atoms in total. The van der Waals surface area contributed by atoms with Crippen molar-refractivity contribution in [1.82, 2.24) is 0 Å². The number of hydrogen-bond acceptors (Lipinski definition) is 4. The minimum atomic E-state index is -1.62. The van der Waals surface area contributed by atoms with E-state index in [1.165, 1.54) is 24.3 Å². The maximum Gasteiger partial charge on any atom is 0.350 e. The van der Waals surface area contributed by atoms with E-state index in [0.29, 0.717) is 33.8 Å². The van der Waals surface area contributed by atoms with E-state index < -0.39 is 29.1 Å². The number of esters is 1. The van der Waals surface area contributed by atoms with Crippen LogP contribution in [0.1, 0.15) is 31.9 Å². The molecule has 0 spiro atoms. The van der Waals surface area contributed by atoms with E-state index in [9.17, 15) is 13.6 Å². The number of furan rings is 1. The Bertz CT molecular complexity index is 1350. The molecule has 0 N–H and O–H groups in total. The molecule has 0 amide bonds. The SMILES string of the molecule is CC(C)(C)[C@@H]1OC(=O)[C@@](c2ccccc2)(c2cc(-c3ccc(F)cc3)oc2-c2ccc(F)cc2)O1. The zero-order chi connectivity index (χ0) is 24.8. The van der Waals surface area contributed by atoms with Crippen molar-refractivity contribution in [3.63, 3.8) is 0 Å². The first-order chi connectivity index (χ1) is 16.7. The summed E-state index contributed by atoms with van der Waals surface area (Å²) in [6.45, 7) is 5.77. The molecular formula is C29H24F2O4.